The molecule has 2 aromatic rings. The van der Waals surface area contributed by atoms with Crippen LogP contribution < -0.4 is 15.2 Å². The van der Waals surface area contributed by atoms with Gasteiger partial charge in [-0.15, -0.1) is 0 Å². The highest BCUT2D eigenvalue weighted by molar-refractivity contribution is 5.43. The standard InChI is InChI=1S/C15H19NO3/c1-3-11-4-5-14(15(7-11)17-2)19-10-13-6-12(8-16)9-18-13/h4-7,9H,3,8,10,16H2,1-2H3. The molecule has 0 aliphatic carbocycles. The van der Waals surface area contributed by atoms with Gasteiger partial charge in [0.25, 0.3) is 0 Å². The predicted octanol–water partition coefficient (Wildman–Crippen LogP) is 2.89. The lowest BCUT2D eigenvalue weighted by Gasteiger charge is -2.10. The maximum atomic E-state index is 5.71. The van der Waals surface area contributed by atoms with Crippen LogP contribution in [0.15, 0.2) is 34.9 Å². The summed E-state index contributed by atoms with van der Waals surface area (Å²) >= 11 is 0. The minimum Gasteiger partial charge on any atom is -0.493 e. The Morgan fingerprint density at radius 1 is 1.16 bits per heavy atom. The highest BCUT2D eigenvalue weighted by Gasteiger charge is 2.07. The summed E-state index contributed by atoms with van der Waals surface area (Å²) in [5.41, 5.74) is 7.71. The molecule has 0 amide bonds. The summed E-state index contributed by atoms with van der Waals surface area (Å²) in [5.74, 6) is 2.21. The Morgan fingerprint density at radius 2 is 2.00 bits per heavy atom. The molecule has 4 nitrogen and oxygen atoms in total. The first-order valence-electron chi connectivity index (χ1n) is 6.33. The van der Waals surface area contributed by atoms with E-state index in [1.807, 2.05) is 24.3 Å². The third kappa shape index (κ3) is 3.29. The Hall–Kier alpha value is -1.94. The fraction of sp³-hybridized carbons (Fsp3) is 0.333. The minimum atomic E-state index is 0.363. The topological polar surface area (TPSA) is 57.6 Å². The number of hydrogen-bond donors (Lipinski definition) is 1. The highest BCUT2D eigenvalue weighted by atomic mass is 16.5. The largest absolute Gasteiger partial charge is 0.493 e. The fourth-order valence-electron chi connectivity index (χ4n) is 1.81. The highest BCUT2D eigenvalue weighted by Crippen LogP contribution is 2.29. The Morgan fingerprint density at radius 3 is 2.63 bits per heavy atom. The number of rotatable bonds is 6. The second-order valence-corrected chi connectivity index (χ2v) is 4.25. The zero-order chi connectivity index (χ0) is 13.7. The van der Waals surface area contributed by atoms with Gasteiger partial charge in [-0.25, -0.2) is 0 Å². The monoisotopic (exact) mass is 261 g/mol. The van der Waals surface area contributed by atoms with Crippen LogP contribution in [0, 0.1) is 0 Å². The lowest BCUT2D eigenvalue weighted by atomic mass is 10.1. The lowest BCUT2D eigenvalue weighted by Crippen LogP contribution is -1.98. The summed E-state index contributed by atoms with van der Waals surface area (Å²) in [5, 5.41) is 0. The zero-order valence-electron chi connectivity index (χ0n) is 11.3. The van der Waals surface area contributed by atoms with Crippen LogP contribution >= 0.6 is 0 Å². The third-order valence-corrected chi connectivity index (χ3v) is 2.95. The van der Waals surface area contributed by atoms with E-state index >= 15 is 0 Å². The van der Waals surface area contributed by atoms with Gasteiger partial charge in [-0.3, -0.25) is 0 Å². The number of methoxy groups -OCH3 is 1. The van der Waals surface area contributed by atoms with Crippen LogP contribution in [0.5, 0.6) is 11.5 Å². The maximum absolute atomic E-state index is 5.71. The number of aryl methyl sites for hydroxylation is 1. The van der Waals surface area contributed by atoms with Gasteiger partial charge in [0.05, 0.1) is 13.4 Å². The molecule has 102 valence electrons. The van der Waals surface area contributed by atoms with E-state index in [1.165, 1.54) is 5.56 Å². The minimum absolute atomic E-state index is 0.363. The van der Waals surface area contributed by atoms with Gasteiger partial charge < -0.3 is 19.6 Å². The van der Waals surface area contributed by atoms with Gasteiger partial charge in [0.15, 0.2) is 11.5 Å². The quantitative estimate of drug-likeness (QED) is 0.868. The summed E-state index contributed by atoms with van der Waals surface area (Å²) in [7, 11) is 1.64. The van der Waals surface area contributed by atoms with E-state index in [0.29, 0.717) is 18.9 Å². The molecule has 19 heavy (non-hydrogen) atoms. The fourth-order valence-corrected chi connectivity index (χ4v) is 1.81. The van der Waals surface area contributed by atoms with Crippen molar-refractivity contribution < 1.29 is 13.9 Å². The Balaban J connectivity index is 2.06. The SMILES string of the molecule is CCc1ccc(OCc2cc(CN)co2)c(OC)c1. The van der Waals surface area contributed by atoms with Crippen molar-refractivity contribution in [2.45, 2.75) is 26.5 Å². The molecule has 0 atom stereocenters. The van der Waals surface area contributed by atoms with Crippen molar-refractivity contribution in [2.75, 3.05) is 7.11 Å². The van der Waals surface area contributed by atoms with E-state index in [0.717, 1.165) is 23.5 Å². The van der Waals surface area contributed by atoms with E-state index in [-0.39, 0.29) is 0 Å². The van der Waals surface area contributed by atoms with Gasteiger partial charge in [0.2, 0.25) is 0 Å². The number of ether oxygens (including phenoxy) is 2. The predicted molar refractivity (Wildman–Crippen MR) is 73.3 cm³/mol. The molecule has 0 aliphatic rings. The first-order valence-corrected chi connectivity index (χ1v) is 6.33. The molecule has 1 heterocycles. The van der Waals surface area contributed by atoms with Crippen LogP contribution in [0.4, 0.5) is 0 Å². The van der Waals surface area contributed by atoms with Crippen molar-refractivity contribution in [3.63, 3.8) is 0 Å². The number of hydrogen-bond acceptors (Lipinski definition) is 4. The zero-order valence-corrected chi connectivity index (χ0v) is 11.3. The van der Waals surface area contributed by atoms with Crippen LogP contribution in [-0.4, -0.2) is 7.11 Å². The second kappa shape index (κ2) is 6.29. The molecule has 0 unspecified atom stereocenters. The van der Waals surface area contributed by atoms with E-state index in [9.17, 15) is 0 Å². The van der Waals surface area contributed by atoms with Crippen LogP contribution in [0.3, 0.4) is 0 Å². The molecule has 1 aromatic heterocycles. The Labute approximate surface area is 113 Å². The smallest absolute Gasteiger partial charge is 0.161 e. The van der Waals surface area contributed by atoms with Crippen LogP contribution in [0.25, 0.3) is 0 Å². The van der Waals surface area contributed by atoms with Crippen molar-refractivity contribution in [1.82, 2.24) is 0 Å². The van der Waals surface area contributed by atoms with Gasteiger partial charge in [-0.1, -0.05) is 13.0 Å². The average Bonchev–Trinajstić information content (AvgIpc) is 2.92. The van der Waals surface area contributed by atoms with Gasteiger partial charge in [0, 0.05) is 12.1 Å². The van der Waals surface area contributed by atoms with E-state index in [4.69, 9.17) is 19.6 Å². The summed E-state index contributed by atoms with van der Waals surface area (Å²) in [6, 6.07) is 7.84. The van der Waals surface area contributed by atoms with Crippen molar-refractivity contribution in [1.29, 1.82) is 0 Å². The normalized spacial score (nSPS) is 10.5. The van der Waals surface area contributed by atoms with Gasteiger partial charge in [-0.2, -0.15) is 0 Å². The van der Waals surface area contributed by atoms with Crippen molar-refractivity contribution >= 4 is 0 Å². The molecule has 0 spiro atoms. The molecule has 0 saturated carbocycles. The summed E-state index contributed by atoms with van der Waals surface area (Å²) in [4.78, 5) is 0. The summed E-state index contributed by atoms with van der Waals surface area (Å²) in [6.07, 6.45) is 2.62. The van der Waals surface area contributed by atoms with Crippen LogP contribution in [-0.2, 0) is 19.6 Å². The molecule has 0 saturated heterocycles. The number of nitrogens with two attached hydrogens (primary N) is 1. The van der Waals surface area contributed by atoms with Gasteiger partial charge in [-0.05, 0) is 30.2 Å². The van der Waals surface area contributed by atoms with Crippen LogP contribution in [0.2, 0.25) is 0 Å². The number of benzene rings is 1. The molecule has 0 fully saturated rings. The lowest BCUT2D eigenvalue weighted by molar-refractivity contribution is 0.256. The van der Waals surface area contributed by atoms with Gasteiger partial charge in [0.1, 0.15) is 12.4 Å². The average molecular weight is 261 g/mol. The molecule has 1 aromatic carbocycles. The first kappa shape index (κ1) is 13.5. The van der Waals surface area contributed by atoms with Crippen molar-refractivity contribution in [2.24, 2.45) is 5.73 Å². The van der Waals surface area contributed by atoms with Crippen molar-refractivity contribution in [3.05, 3.63) is 47.4 Å². The Kier molecular flexibility index (Phi) is 4.47. The molecule has 0 radical (unpaired) electrons. The third-order valence-electron chi connectivity index (χ3n) is 2.95. The molecular formula is C15H19NO3. The summed E-state index contributed by atoms with van der Waals surface area (Å²) < 4.78 is 16.4. The van der Waals surface area contributed by atoms with E-state index in [2.05, 4.69) is 6.92 Å². The molecule has 0 aliphatic heterocycles. The first-order chi connectivity index (χ1) is 9.26. The molecule has 2 rings (SSSR count). The summed E-state index contributed by atoms with van der Waals surface area (Å²) in [6.45, 7) is 2.94. The maximum Gasteiger partial charge on any atom is 0.161 e. The Bertz CT molecular complexity index is 534. The van der Waals surface area contributed by atoms with E-state index in [1.54, 1.807) is 13.4 Å². The molecular weight excluding hydrogens is 242 g/mol. The molecule has 0 bridgehead atoms. The van der Waals surface area contributed by atoms with E-state index < -0.39 is 0 Å². The van der Waals surface area contributed by atoms with Gasteiger partial charge >= 0.3 is 0 Å². The van der Waals surface area contributed by atoms with Crippen molar-refractivity contribution in [3.8, 4) is 11.5 Å². The van der Waals surface area contributed by atoms with Crippen LogP contribution in [0.1, 0.15) is 23.8 Å². The second-order valence-electron chi connectivity index (χ2n) is 4.25. The molecule has 4 heteroatoms. The number of furan rings is 1. The molecule has 2 N–H and O–H groups in total.